The molecule has 0 fully saturated rings. The predicted octanol–water partition coefficient (Wildman–Crippen LogP) is 2.74. The quantitative estimate of drug-likeness (QED) is 0.620. The third kappa shape index (κ3) is 5.81. The second-order valence-electron chi connectivity index (χ2n) is 5.51. The number of nitrogens with one attached hydrogen (secondary N) is 2. The Morgan fingerprint density at radius 1 is 1.16 bits per heavy atom. The number of aryl methyl sites for hydroxylation is 1. The number of hydrogen-bond donors (Lipinski definition) is 2. The number of alkyl halides is 3. The third-order valence-electron chi connectivity index (χ3n) is 3.65. The number of halogens is 3. The van der Waals surface area contributed by atoms with Crippen LogP contribution in [0.4, 0.5) is 13.2 Å². The minimum atomic E-state index is -4.30. The zero-order valence-corrected chi connectivity index (χ0v) is 14.3. The molecule has 0 unspecified atom stereocenters. The number of benzene rings is 1. The molecule has 0 radical (unpaired) electrons. The Hall–Kier alpha value is -2.51. The Bertz CT molecular complexity index is 689. The lowest BCUT2D eigenvalue weighted by molar-refractivity contribution is -0.137. The van der Waals surface area contributed by atoms with E-state index in [0.29, 0.717) is 25.5 Å². The molecule has 1 heterocycles. The van der Waals surface area contributed by atoms with E-state index in [4.69, 9.17) is 0 Å². The lowest BCUT2D eigenvalue weighted by Gasteiger charge is -2.12. The first kappa shape index (κ1) is 18.8. The maximum Gasteiger partial charge on any atom is 0.416 e. The Kier molecular flexibility index (Phi) is 6.44. The highest BCUT2D eigenvalue weighted by Crippen LogP contribution is 2.29. The lowest BCUT2D eigenvalue weighted by Crippen LogP contribution is -2.38. The van der Waals surface area contributed by atoms with Crippen molar-refractivity contribution in [2.24, 2.45) is 12.0 Å². The summed E-state index contributed by atoms with van der Waals surface area (Å²) in [5, 5.41) is 10.4. The van der Waals surface area contributed by atoms with Gasteiger partial charge in [-0.2, -0.15) is 18.3 Å². The molecule has 0 atom stereocenters. The van der Waals surface area contributed by atoms with Crippen LogP contribution >= 0.6 is 0 Å². The molecule has 2 rings (SSSR count). The second kappa shape index (κ2) is 8.55. The van der Waals surface area contributed by atoms with Gasteiger partial charge in [-0.25, -0.2) is 4.99 Å². The smallest absolute Gasteiger partial charge is 0.357 e. The summed E-state index contributed by atoms with van der Waals surface area (Å²) in [5.74, 6) is 0.663. The van der Waals surface area contributed by atoms with Crippen LogP contribution in [0.15, 0.2) is 41.5 Å². The van der Waals surface area contributed by atoms with Gasteiger partial charge >= 0.3 is 6.18 Å². The summed E-state index contributed by atoms with van der Waals surface area (Å²) in [6, 6.07) is 7.12. The van der Waals surface area contributed by atoms with Crippen molar-refractivity contribution in [3.63, 3.8) is 0 Å². The van der Waals surface area contributed by atoms with Crippen LogP contribution in [0.1, 0.15) is 23.7 Å². The molecular weight excluding hydrogens is 331 g/mol. The molecule has 5 nitrogen and oxygen atoms in total. The molecule has 2 N–H and O–H groups in total. The van der Waals surface area contributed by atoms with Crippen molar-refractivity contribution in [3.05, 3.63) is 53.3 Å². The average Bonchev–Trinajstić information content (AvgIpc) is 2.97. The highest BCUT2D eigenvalue weighted by atomic mass is 19.4. The van der Waals surface area contributed by atoms with Gasteiger partial charge in [-0.3, -0.25) is 4.68 Å². The summed E-state index contributed by atoms with van der Waals surface area (Å²) in [7, 11) is 1.86. The number of guanidine groups is 1. The maximum absolute atomic E-state index is 12.5. The highest BCUT2D eigenvalue weighted by Gasteiger charge is 2.29. The molecular formula is C17H22F3N5. The van der Waals surface area contributed by atoms with Crippen LogP contribution in [0, 0.1) is 0 Å². The van der Waals surface area contributed by atoms with Crippen LogP contribution in [-0.4, -0.2) is 28.8 Å². The van der Waals surface area contributed by atoms with Gasteiger partial charge in [-0.05, 0) is 37.1 Å². The number of rotatable bonds is 6. The molecule has 0 saturated heterocycles. The van der Waals surface area contributed by atoms with Crippen molar-refractivity contribution in [2.75, 3.05) is 13.1 Å². The normalized spacial score (nSPS) is 12.3. The van der Waals surface area contributed by atoms with Crippen molar-refractivity contribution in [1.82, 2.24) is 20.4 Å². The number of aromatic nitrogens is 2. The molecule has 0 aliphatic rings. The second-order valence-corrected chi connectivity index (χ2v) is 5.51. The van der Waals surface area contributed by atoms with Gasteiger partial charge in [-0.1, -0.05) is 12.1 Å². The Balaban J connectivity index is 1.87. The molecule has 136 valence electrons. The zero-order valence-electron chi connectivity index (χ0n) is 14.3. The van der Waals surface area contributed by atoms with E-state index >= 15 is 0 Å². The van der Waals surface area contributed by atoms with Crippen LogP contribution < -0.4 is 10.6 Å². The van der Waals surface area contributed by atoms with E-state index in [9.17, 15) is 13.2 Å². The number of nitrogens with zero attached hydrogens (tertiary/aromatic N) is 3. The number of hydrogen-bond acceptors (Lipinski definition) is 2. The van der Waals surface area contributed by atoms with Crippen molar-refractivity contribution in [1.29, 1.82) is 0 Å². The minimum absolute atomic E-state index is 0.492. The van der Waals surface area contributed by atoms with E-state index in [0.717, 1.165) is 29.9 Å². The van der Waals surface area contributed by atoms with Crippen LogP contribution in [-0.2, 0) is 26.2 Å². The molecule has 1 aromatic heterocycles. The fourth-order valence-electron chi connectivity index (χ4n) is 2.24. The Labute approximate surface area is 145 Å². The van der Waals surface area contributed by atoms with Crippen LogP contribution in [0.3, 0.4) is 0 Å². The topological polar surface area (TPSA) is 54.2 Å². The molecule has 2 aromatic rings. The summed E-state index contributed by atoms with van der Waals surface area (Å²) >= 11 is 0. The van der Waals surface area contributed by atoms with Gasteiger partial charge in [0.15, 0.2) is 5.96 Å². The fourth-order valence-corrected chi connectivity index (χ4v) is 2.24. The molecule has 0 spiro atoms. The van der Waals surface area contributed by atoms with Gasteiger partial charge in [-0.15, -0.1) is 0 Å². The summed E-state index contributed by atoms with van der Waals surface area (Å²) < 4.78 is 39.4. The van der Waals surface area contributed by atoms with E-state index in [-0.39, 0.29) is 0 Å². The maximum atomic E-state index is 12.5. The molecule has 25 heavy (non-hydrogen) atoms. The van der Waals surface area contributed by atoms with Crippen molar-refractivity contribution < 1.29 is 13.2 Å². The van der Waals surface area contributed by atoms with Gasteiger partial charge in [0.05, 0.1) is 17.8 Å². The first-order valence-corrected chi connectivity index (χ1v) is 8.05. The first-order valence-electron chi connectivity index (χ1n) is 8.05. The van der Waals surface area contributed by atoms with Gasteiger partial charge in [0.25, 0.3) is 0 Å². The summed E-state index contributed by atoms with van der Waals surface area (Å²) in [6.07, 6.45) is -1.97. The number of aliphatic imine (C=N–C) groups is 1. The van der Waals surface area contributed by atoms with Crippen molar-refractivity contribution in [2.45, 2.75) is 26.1 Å². The summed E-state index contributed by atoms with van der Waals surface area (Å²) in [4.78, 5) is 4.48. The van der Waals surface area contributed by atoms with E-state index < -0.39 is 11.7 Å². The van der Waals surface area contributed by atoms with Crippen LogP contribution in [0.2, 0.25) is 0 Å². The molecule has 1 aromatic carbocycles. The Morgan fingerprint density at radius 3 is 2.44 bits per heavy atom. The predicted molar refractivity (Wildman–Crippen MR) is 91.2 cm³/mol. The molecule has 8 heteroatoms. The third-order valence-corrected chi connectivity index (χ3v) is 3.65. The minimum Gasteiger partial charge on any atom is -0.357 e. The van der Waals surface area contributed by atoms with Crippen molar-refractivity contribution in [3.8, 4) is 0 Å². The van der Waals surface area contributed by atoms with Crippen molar-refractivity contribution >= 4 is 5.96 Å². The molecule has 0 aliphatic heterocycles. The van der Waals surface area contributed by atoms with Crippen LogP contribution in [0.5, 0.6) is 0 Å². The average molecular weight is 353 g/mol. The van der Waals surface area contributed by atoms with Gasteiger partial charge < -0.3 is 10.6 Å². The molecule has 0 saturated carbocycles. The first-order chi connectivity index (χ1) is 11.9. The summed E-state index contributed by atoms with van der Waals surface area (Å²) in [6.45, 7) is 3.75. The van der Waals surface area contributed by atoms with Gasteiger partial charge in [0.1, 0.15) is 0 Å². The highest BCUT2D eigenvalue weighted by molar-refractivity contribution is 5.79. The monoisotopic (exact) mass is 353 g/mol. The fraction of sp³-hybridized carbons (Fsp3) is 0.412. The van der Waals surface area contributed by atoms with E-state index in [2.05, 4.69) is 20.7 Å². The Morgan fingerprint density at radius 2 is 1.88 bits per heavy atom. The van der Waals surface area contributed by atoms with E-state index in [1.54, 1.807) is 10.9 Å². The van der Waals surface area contributed by atoms with Gasteiger partial charge in [0.2, 0.25) is 0 Å². The van der Waals surface area contributed by atoms with Crippen LogP contribution in [0.25, 0.3) is 0 Å². The molecule has 0 aliphatic carbocycles. The van der Waals surface area contributed by atoms with E-state index in [1.807, 2.05) is 20.0 Å². The standard InChI is InChI=1S/C17H22F3N5/c1-3-21-16(23-12-15-9-11-24-25(15)2)22-10-8-13-4-6-14(7-5-13)17(18,19)20/h4-7,9,11H,3,8,10,12H2,1-2H3,(H2,21,22,23). The largest absolute Gasteiger partial charge is 0.416 e. The zero-order chi connectivity index (χ0) is 18.3. The molecule has 0 bridgehead atoms. The lowest BCUT2D eigenvalue weighted by atomic mass is 10.1. The van der Waals surface area contributed by atoms with Gasteiger partial charge in [0, 0.05) is 26.3 Å². The SMILES string of the molecule is CCNC(=NCc1ccnn1C)NCCc1ccc(C(F)(F)F)cc1. The molecule has 0 amide bonds. The summed E-state index contributed by atoms with van der Waals surface area (Å²) in [5.41, 5.74) is 1.19. The van der Waals surface area contributed by atoms with E-state index in [1.165, 1.54) is 12.1 Å².